The first-order valence-electron chi connectivity index (χ1n) is 8.06. The minimum Gasteiger partial charge on any atom is -0.495 e. The van der Waals surface area contributed by atoms with E-state index in [1.54, 1.807) is 30.3 Å². The molecule has 0 saturated carbocycles. The Morgan fingerprint density at radius 3 is 2.62 bits per heavy atom. The fraction of sp³-hybridized carbons (Fsp3) is 0.263. The fourth-order valence-electron chi connectivity index (χ4n) is 2.25. The van der Waals surface area contributed by atoms with Crippen LogP contribution in [-0.2, 0) is 4.79 Å². The summed E-state index contributed by atoms with van der Waals surface area (Å²) >= 11 is 7.32. The lowest BCUT2D eigenvalue weighted by Crippen LogP contribution is -2.31. The van der Waals surface area contributed by atoms with E-state index in [1.165, 1.54) is 18.9 Å². The van der Waals surface area contributed by atoms with Gasteiger partial charge in [-0.3, -0.25) is 9.59 Å². The topological polar surface area (TPSA) is 67.4 Å². The van der Waals surface area contributed by atoms with Crippen molar-refractivity contribution in [2.45, 2.75) is 24.8 Å². The molecular weight excluding hydrogens is 372 g/mol. The molecule has 2 rings (SSSR count). The number of rotatable bonds is 7. The predicted octanol–water partition coefficient (Wildman–Crippen LogP) is 4.22. The minimum atomic E-state index is -0.294. The number of amides is 2. The average molecular weight is 393 g/mol. The Hall–Kier alpha value is -2.18. The van der Waals surface area contributed by atoms with Crippen LogP contribution in [0.5, 0.6) is 5.75 Å². The molecule has 0 aliphatic rings. The van der Waals surface area contributed by atoms with E-state index in [4.69, 9.17) is 16.3 Å². The van der Waals surface area contributed by atoms with Gasteiger partial charge in [0.2, 0.25) is 5.91 Å². The Balaban J connectivity index is 2.15. The number of hydrogen-bond donors (Lipinski definition) is 2. The van der Waals surface area contributed by atoms with Gasteiger partial charge in [0, 0.05) is 16.0 Å². The third-order valence-electron chi connectivity index (χ3n) is 3.35. The van der Waals surface area contributed by atoms with E-state index in [9.17, 15) is 9.59 Å². The molecule has 26 heavy (non-hydrogen) atoms. The highest BCUT2D eigenvalue weighted by Crippen LogP contribution is 2.29. The molecule has 0 aliphatic heterocycles. The summed E-state index contributed by atoms with van der Waals surface area (Å²) in [6.45, 7) is 3.81. The van der Waals surface area contributed by atoms with Gasteiger partial charge in [-0.25, -0.2) is 0 Å². The van der Waals surface area contributed by atoms with E-state index in [0.29, 0.717) is 22.0 Å². The fourth-order valence-corrected chi connectivity index (χ4v) is 3.29. The number of thioether (sulfide) groups is 1. The molecule has 2 aromatic carbocycles. The Bertz CT molecular complexity index is 796. The lowest BCUT2D eigenvalue weighted by atomic mass is 10.2. The smallest absolute Gasteiger partial charge is 0.256 e. The normalized spacial score (nSPS) is 10.5. The summed E-state index contributed by atoms with van der Waals surface area (Å²) in [5.41, 5.74) is 0.972. The molecular formula is C19H21ClN2O3S. The van der Waals surface area contributed by atoms with E-state index in [1.807, 2.05) is 26.0 Å². The highest BCUT2D eigenvalue weighted by molar-refractivity contribution is 8.00. The molecule has 0 radical (unpaired) electrons. The van der Waals surface area contributed by atoms with E-state index in [0.717, 1.165) is 4.90 Å². The molecule has 138 valence electrons. The van der Waals surface area contributed by atoms with Crippen molar-refractivity contribution in [3.05, 3.63) is 53.1 Å². The van der Waals surface area contributed by atoms with Crippen molar-refractivity contribution in [3.63, 3.8) is 0 Å². The summed E-state index contributed by atoms with van der Waals surface area (Å²) in [4.78, 5) is 25.3. The Morgan fingerprint density at radius 2 is 1.92 bits per heavy atom. The molecule has 0 unspecified atom stereocenters. The number of anilines is 1. The maximum absolute atomic E-state index is 12.7. The zero-order valence-corrected chi connectivity index (χ0v) is 16.4. The summed E-state index contributed by atoms with van der Waals surface area (Å²) in [5.74, 6) is 0.391. The van der Waals surface area contributed by atoms with Crippen molar-refractivity contribution in [1.29, 1.82) is 0 Å². The molecule has 0 fully saturated rings. The SMILES string of the molecule is COc1ccc(Cl)cc1NC(=O)c1ccccc1SCC(=O)NC(C)C. The van der Waals surface area contributed by atoms with Crippen molar-refractivity contribution < 1.29 is 14.3 Å². The number of methoxy groups -OCH3 is 1. The molecule has 0 saturated heterocycles. The van der Waals surface area contributed by atoms with Crippen molar-refractivity contribution in [2.24, 2.45) is 0 Å². The Morgan fingerprint density at radius 1 is 1.19 bits per heavy atom. The van der Waals surface area contributed by atoms with E-state index >= 15 is 0 Å². The number of ether oxygens (including phenoxy) is 1. The van der Waals surface area contributed by atoms with Gasteiger partial charge in [-0.2, -0.15) is 0 Å². The summed E-state index contributed by atoms with van der Waals surface area (Å²) in [6, 6.07) is 12.2. The van der Waals surface area contributed by atoms with Crippen LogP contribution in [0.25, 0.3) is 0 Å². The van der Waals surface area contributed by atoms with Crippen LogP contribution in [0.2, 0.25) is 5.02 Å². The van der Waals surface area contributed by atoms with Crippen LogP contribution in [0.15, 0.2) is 47.4 Å². The molecule has 5 nitrogen and oxygen atoms in total. The number of carbonyl (C=O) groups is 2. The largest absolute Gasteiger partial charge is 0.495 e. The van der Waals surface area contributed by atoms with Crippen molar-refractivity contribution in [3.8, 4) is 5.75 Å². The van der Waals surface area contributed by atoms with Crippen LogP contribution in [0, 0.1) is 0 Å². The molecule has 0 atom stereocenters. The number of carbonyl (C=O) groups excluding carboxylic acids is 2. The first kappa shape index (κ1) is 20.1. The van der Waals surface area contributed by atoms with Gasteiger partial charge < -0.3 is 15.4 Å². The van der Waals surface area contributed by atoms with Crippen LogP contribution < -0.4 is 15.4 Å². The highest BCUT2D eigenvalue weighted by Gasteiger charge is 2.15. The van der Waals surface area contributed by atoms with Crippen LogP contribution in [0.3, 0.4) is 0 Å². The first-order chi connectivity index (χ1) is 12.4. The standard InChI is InChI=1S/C19H21ClN2O3S/c1-12(2)21-18(23)11-26-17-7-5-4-6-14(17)19(24)22-15-10-13(20)8-9-16(15)25-3/h4-10,12H,11H2,1-3H3,(H,21,23)(H,22,24). The van der Waals surface area contributed by atoms with Crippen LogP contribution in [0.1, 0.15) is 24.2 Å². The van der Waals surface area contributed by atoms with E-state index in [2.05, 4.69) is 10.6 Å². The number of benzene rings is 2. The monoisotopic (exact) mass is 392 g/mol. The third-order valence-corrected chi connectivity index (χ3v) is 4.66. The van der Waals surface area contributed by atoms with Crippen molar-refractivity contribution in [1.82, 2.24) is 5.32 Å². The summed E-state index contributed by atoms with van der Waals surface area (Å²) in [5, 5.41) is 6.14. The Kier molecular flexibility index (Phi) is 7.36. The molecule has 7 heteroatoms. The molecule has 0 bridgehead atoms. The molecule has 2 aromatic rings. The summed E-state index contributed by atoms with van der Waals surface area (Å²) in [7, 11) is 1.52. The maximum atomic E-state index is 12.7. The molecule has 2 amide bonds. The number of hydrogen-bond acceptors (Lipinski definition) is 4. The molecule has 0 aliphatic carbocycles. The predicted molar refractivity (Wildman–Crippen MR) is 106 cm³/mol. The quantitative estimate of drug-likeness (QED) is 0.692. The van der Waals surface area contributed by atoms with Gasteiger partial charge in [-0.05, 0) is 44.2 Å². The van der Waals surface area contributed by atoms with Gasteiger partial charge in [-0.15, -0.1) is 11.8 Å². The highest BCUT2D eigenvalue weighted by atomic mass is 35.5. The molecule has 0 heterocycles. The lowest BCUT2D eigenvalue weighted by Gasteiger charge is -2.13. The third kappa shape index (κ3) is 5.68. The van der Waals surface area contributed by atoms with Crippen LogP contribution >= 0.6 is 23.4 Å². The summed E-state index contributed by atoms with van der Waals surface area (Å²) < 4.78 is 5.25. The van der Waals surface area contributed by atoms with Gasteiger partial charge in [0.1, 0.15) is 5.75 Å². The van der Waals surface area contributed by atoms with Gasteiger partial charge in [0.25, 0.3) is 5.91 Å². The van der Waals surface area contributed by atoms with Crippen molar-refractivity contribution >= 4 is 40.9 Å². The van der Waals surface area contributed by atoms with Gasteiger partial charge >= 0.3 is 0 Å². The van der Waals surface area contributed by atoms with E-state index < -0.39 is 0 Å². The lowest BCUT2D eigenvalue weighted by molar-refractivity contribution is -0.119. The van der Waals surface area contributed by atoms with Crippen LogP contribution in [-0.4, -0.2) is 30.7 Å². The average Bonchev–Trinajstić information content (AvgIpc) is 2.60. The first-order valence-corrected chi connectivity index (χ1v) is 9.43. The molecule has 0 aromatic heterocycles. The maximum Gasteiger partial charge on any atom is 0.256 e. The minimum absolute atomic E-state index is 0.0725. The van der Waals surface area contributed by atoms with Gasteiger partial charge in [0.15, 0.2) is 0 Å². The second-order valence-electron chi connectivity index (χ2n) is 5.81. The van der Waals surface area contributed by atoms with Crippen LogP contribution in [0.4, 0.5) is 5.69 Å². The molecule has 0 spiro atoms. The molecule has 2 N–H and O–H groups in total. The second kappa shape index (κ2) is 9.50. The number of halogens is 1. The van der Waals surface area contributed by atoms with Gasteiger partial charge in [-0.1, -0.05) is 23.7 Å². The Labute approximate surface area is 162 Å². The summed E-state index contributed by atoms with van der Waals surface area (Å²) in [6.07, 6.45) is 0. The zero-order chi connectivity index (χ0) is 19.1. The van der Waals surface area contributed by atoms with E-state index in [-0.39, 0.29) is 23.6 Å². The second-order valence-corrected chi connectivity index (χ2v) is 7.26. The number of nitrogens with one attached hydrogen (secondary N) is 2. The van der Waals surface area contributed by atoms with Crippen molar-refractivity contribution in [2.75, 3.05) is 18.2 Å². The zero-order valence-electron chi connectivity index (χ0n) is 14.8. The van der Waals surface area contributed by atoms with Gasteiger partial charge in [0.05, 0.1) is 24.1 Å².